The number of carbonyl (C=O) groups excluding carboxylic acids is 1. The molecule has 2 bridgehead atoms. The van der Waals surface area contributed by atoms with E-state index >= 15 is 0 Å². The van der Waals surface area contributed by atoms with Crippen molar-refractivity contribution in [2.75, 3.05) is 13.2 Å². The molecule has 2 saturated heterocycles. The number of amides is 1. The minimum Gasteiger partial charge on any atom is -0.492 e. The first-order valence-electron chi connectivity index (χ1n) is 10.8. The predicted octanol–water partition coefficient (Wildman–Crippen LogP) is 3.99. The van der Waals surface area contributed by atoms with Gasteiger partial charge in [0.15, 0.2) is 5.65 Å². The van der Waals surface area contributed by atoms with E-state index in [0.717, 1.165) is 48.4 Å². The maximum absolute atomic E-state index is 11.8. The lowest BCUT2D eigenvalue weighted by Crippen LogP contribution is -2.51. The third-order valence-corrected chi connectivity index (χ3v) is 6.96. The molecule has 3 aromatic rings. The van der Waals surface area contributed by atoms with Crippen LogP contribution in [0.25, 0.3) is 10.3 Å². The van der Waals surface area contributed by atoms with Gasteiger partial charge in [0.2, 0.25) is 5.91 Å². The van der Waals surface area contributed by atoms with Crippen LogP contribution in [-0.2, 0) is 4.79 Å². The highest BCUT2D eigenvalue weighted by Crippen LogP contribution is 2.35. The first-order valence-corrected chi connectivity index (χ1v) is 11.6. The van der Waals surface area contributed by atoms with Gasteiger partial charge in [-0.25, -0.2) is 4.98 Å². The summed E-state index contributed by atoms with van der Waals surface area (Å²) < 4.78 is 12.7. The van der Waals surface area contributed by atoms with Gasteiger partial charge in [0.1, 0.15) is 18.1 Å². The quantitative estimate of drug-likeness (QED) is 0.562. The van der Waals surface area contributed by atoms with Crippen LogP contribution < -0.4 is 14.8 Å². The molecule has 2 aliphatic rings. The lowest BCUT2D eigenvalue weighted by Gasteiger charge is -2.38. The Hall–Kier alpha value is -2.71. The number of benzene rings is 1. The molecule has 1 N–H and O–H groups in total. The number of nitrogens with one attached hydrogen (secondary N) is 1. The first kappa shape index (κ1) is 20.2. The van der Waals surface area contributed by atoms with Crippen LogP contribution in [0.4, 0.5) is 0 Å². The van der Waals surface area contributed by atoms with Crippen LogP contribution in [0.5, 0.6) is 16.7 Å². The van der Waals surface area contributed by atoms with Crippen molar-refractivity contribution in [1.82, 2.24) is 20.2 Å². The standard InChI is InChI=1S/C23H26N4O3S/c1-15(28)27-17-4-5-18(27)14-16(13-17)24-11-12-29-19-6-8-20(9-7-19)30-23-26-22-21(31-23)3-2-10-25-22/h2-3,6-10,16-18,24H,4-5,11-14H2,1H3/t16-,17+,18-. The molecule has 2 aliphatic heterocycles. The summed E-state index contributed by atoms with van der Waals surface area (Å²) in [5.41, 5.74) is 0.704. The minimum atomic E-state index is 0.224. The molecular weight excluding hydrogens is 412 g/mol. The van der Waals surface area contributed by atoms with Gasteiger partial charge in [0.05, 0.1) is 4.70 Å². The molecule has 2 aromatic heterocycles. The van der Waals surface area contributed by atoms with E-state index in [9.17, 15) is 4.79 Å². The molecule has 2 fully saturated rings. The van der Waals surface area contributed by atoms with Crippen molar-refractivity contribution in [3.63, 3.8) is 0 Å². The van der Waals surface area contributed by atoms with Crippen molar-refractivity contribution < 1.29 is 14.3 Å². The summed E-state index contributed by atoms with van der Waals surface area (Å²) >= 11 is 1.48. The van der Waals surface area contributed by atoms with Gasteiger partial charge in [0.25, 0.3) is 5.19 Å². The van der Waals surface area contributed by atoms with E-state index in [-0.39, 0.29) is 5.91 Å². The number of pyridine rings is 1. The van der Waals surface area contributed by atoms with Crippen molar-refractivity contribution >= 4 is 27.6 Å². The average Bonchev–Trinajstić information content (AvgIpc) is 3.30. The van der Waals surface area contributed by atoms with Crippen LogP contribution in [0.15, 0.2) is 42.6 Å². The predicted molar refractivity (Wildman–Crippen MR) is 120 cm³/mol. The molecule has 0 spiro atoms. The lowest BCUT2D eigenvalue weighted by molar-refractivity contribution is -0.133. The van der Waals surface area contributed by atoms with E-state index in [1.807, 2.05) is 36.4 Å². The number of thiazole rings is 1. The summed E-state index contributed by atoms with van der Waals surface area (Å²) in [6.07, 6.45) is 6.10. The van der Waals surface area contributed by atoms with Crippen LogP contribution in [0.2, 0.25) is 0 Å². The summed E-state index contributed by atoms with van der Waals surface area (Å²) in [5.74, 6) is 1.75. The highest BCUT2D eigenvalue weighted by Gasteiger charge is 2.41. The summed E-state index contributed by atoms with van der Waals surface area (Å²) in [6.45, 7) is 3.09. The fraction of sp³-hybridized carbons (Fsp3) is 0.435. The number of piperidine rings is 1. The second-order valence-corrected chi connectivity index (χ2v) is 9.15. The van der Waals surface area contributed by atoms with Crippen molar-refractivity contribution in [3.05, 3.63) is 42.6 Å². The number of hydrogen-bond acceptors (Lipinski definition) is 7. The summed E-state index contributed by atoms with van der Waals surface area (Å²) in [6, 6.07) is 12.8. The molecule has 0 saturated carbocycles. The highest BCUT2D eigenvalue weighted by atomic mass is 32.1. The highest BCUT2D eigenvalue weighted by molar-refractivity contribution is 7.20. The zero-order valence-corrected chi connectivity index (χ0v) is 18.3. The van der Waals surface area contributed by atoms with Gasteiger partial charge in [-0.2, -0.15) is 4.98 Å². The fourth-order valence-corrected chi connectivity index (χ4v) is 5.58. The Bertz CT molecular complexity index is 1010. The number of ether oxygens (including phenoxy) is 2. The Labute approximate surface area is 185 Å². The Morgan fingerprint density at radius 1 is 1.16 bits per heavy atom. The van der Waals surface area contributed by atoms with E-state index in [1.165, 1.54) is 11.3 Å². The van der Waals surface area contributed by atoms with Gasteiger partial charge in [-0.15, -0.1) is 0 Å². The Morgan fingerprint density at radius 2 is 1.90 bits per heavy atom. The van der Waals surface area contributed by atoms with E-state index in [0.29, 0.717) is 35.6 Å². The van der Waals surface area contributed by atoms with Gasteiger partial charge in [-0.1, -0.05) is 11.3 Å². The monoisotopic (exact) mass is 438 g/mol. The van der Waals surface area contributed by atoms with Crippen molar-refractivity contribution in [2.24, 2.45) is 0 Å². The third kappa shape index (κ3) is 4.50. The third-order valence-electron chi connectivity index (χ3n) is 6.07. The number of aromatic nitrogens is 2. The first-order chi connectivity index (χ1) is 15.2. The SMILES string of the molecule is CC(=O)N1[C@@H]2CC[C@H]1C[C@@H](NCCOc1ccc(Oc3nc4ncccc4s3)cc1)C2. The molecule has 31 heavy (non-hydrogen) atoms. The number of hydrogen-bond donors (Lipinski definition) is 1. The van der Waals surface area contributed by atoms with Gasteiger partial charge < -0.3 is 19.7 Å². The fourth-order valence-electron chi connectivity index (χ4n) is 4.79. The molecule has 0 aliphatic carbocycles. The van der Waals surface area contributed by atoms with Crippen LogP contribution in [-0.4, -0.2) is 52.1 Å². The van der Waals surface area contributed by atoms with Gasteiger partial charge in [-0.3, -0.25) is 4.79 Å². The van der Waals surface area contributed by atoms with Crippen molar-refractivity contribution in [3.8, 4) is 16.7 Å². The number of rotatable bonds is 7. The molecule has 0 radical (unpaired) electrons. The molecule has 1 amide bonds. The molecule has 4 heterocycles. The molecule has 1 aromatic carbocycles. The van der Waals surface area contributed by atoms with Crippen molar-refractivity contribution in [1.29, 1.82) is 0 Å². The molecule has 7 nitrogen and oxygen atoms in total. The smallest absolute Gasteiger partial charge is 0.281 e. The van der Waals surface area contributed by atoms with Crippen LogP contribution in [0.1, 0.15) is 32.6 Å². The Balaban J connectivity index is 1.07. The molecule has 0 unspecified atom stereocenters. The van der Waals surface area contributed by atoms with Crippen LogP contribution >= 0.6 is 11.3 Å². The molecule has 8 heteroatoms. The Morgan fingerprint density at radius 3 is 2.61 bits per heavy atom. The summed E-state index contributed by atoms with van der Waals surface area (Å²) in [5, 5.41) is 4.19. The molecule has 162 valence electrons. The van der Waals surface area contributed by atoms with E-state index < -0.39 is 0 Å². The van der Waals surface area contributed by atoms with E-state index in [2.05, 4.69) is 20.2 Å². The number of nitrogens with zero attached hydrogens (tertiary/aromatic N) is 3. The largest absolute Gasteiger partial charge is 0.492 e. The van der Waals surface area contributed by atoms with Crippen LogP contribution in [0, 0.1) is 0 Å². The van der Waals surface area contributed by atoms with E-state index in [4.69, 9.17) is 9.47 Å². The number of fused-ring (bicyclic) bond motifs is 3. The molecular formula is C23H26N4O3S. The minimum absolute atomic E-state index is 0.224. The van der Waals surface area contributed by atoms with Crippen LogP contribution in [0.3, 0.4) is 0 Å². The Kier molecular flexibility index (Phi) is 5.74. The normalized spacial score (nSPS) is 22.6. The lowest BCUT2D eigenvalue weighted by atomic mass is 9.97. The number of carbonyl (C=O) groups is 1. The summed E-state index contributed by atoms with van der Waals surface area (Å²) in [7, 11) is 0. The van der Waals surface area contributed by atoms with E-state index in [1.54, 1.807) is 13.1 Å². The molecule has 3 atom stereocenters. The maximum atomic E-state index is 11.8. The molecule has 5 rings (SSSR count). The van der Waals surface area contributed by atoms with Gasteiger partial charge in [-0.05, 0) is 62.1 Å². The topological polar surface area (TPSA) is 76.6 Å². The van der Waals surface area contributed by atoms with Crippen molar-refractivity contribution in [2.45, 2.75) is 50.7 Å². The van der Waals surface area contributed by atoms with Gasteiger partial charge in [0, 0.05) is 37.8 Å². The zero-order valence-electron chi connectivity index (χ0n) is 17.5. The maximum Gasteiger partial charge on any atom is 0.281 e. The second kappa shape index (κ2) is 8.80. The zero-order chi connectivity index (χ0) is 21.2. The van der Waals surface area contributed by atoms with Gasteiger partial charge >= 0.3 is 0 Å². The summed E-state index contributed by atoms with van der Waals surface area (Å²) in [4.78, 5) is 22.5. The average molecular weight is 439 g/mol. The second-order valence-electron chi connectivity index (χ2n) is 8.16.